The van der Waals surface area contributed by atoms with Crippen LogP contribution in [-0.4, -0.2) is 46.5 Å². The van der Waals surface area contributed by atoms with Gasteiger partial charge in [-0.3, -0.25) is 0 Å². The van der Waals surface area contributed by atoms with E-state index in [1.807, 2.05) is 32.6 Å². The van der Waals surface area contributed by atoms with Gasteiger partial charge in [0.25, 0.3) is 0 Å². The monoisotopic (exact) mass is 283 g/mol. The van der Waals surface area contributed by atoms with Crippen LogP contribution in [0.1, 0.15) is 32.2 Å². The second-order valence-corrected chi connectivity index (χ2v) is 5.67. The molecule has 0 aromatic carbocycles. The molecule has 0 aliphatic carbocycles. The SMILES string of the molecule is Cc1c(NN)nc(C(C)(C)C)nc1N(CCO)CCO. The van der Waals surface area contributed by atoms with Gasteiger partial charge >= 0.3 is 0 Å². The second kappa shape index (κ2) is 6.83. The van der Waals surface area contributed by atoms with E-state index in [9.17, 15) is 0 Å². The lowest BCUT2D eigenvalue weighted by Gasteiger charge is -2.27. The average molecular weight is 283 g/mol. The molecule has 5 N–H and O–H groups in total. The average Bonchev–Trinajstić information content (AvgIpc) is 2.37. The largest absolute Gasteiger partial charge is 0.395 e. The van der Waals surface area contributed by atoms with Crippen molar-refractivity contribution in [1.82, 2.24) is 9.97 Å². The Morgan fingerprint density at radius 1 is 1.15 bits per heavy atom. The van der Waals surface area contributed by atoms with E-state index in [1.165, 1.54) is 0 Å². The maximum absolute atomic E-state index is 9.16. The second-order valence-electron chi connectivity index (χ2n) is 5.67. The smallest absolute Gasteiger partial charge is 0.148 e. The summed E-state index contributed by atoms with van der Waals surface area (Å²) in [5.74, 6) is 7.42. The maximum atomic E-state index is 9.16. The summed E-state index contributed by atoms with van der Waals surface area (Å²) >= 11 is 0. The molecular formula is C13H25N5O2. The number of nitrogens with one attached hydrogen (secondary N) is 1. The minimum Gasteiger partial charge on any atom is -0.395 e. The first kappa shape index (κ1) is 16.6. The van der Waals surface area contributed by atoms with Crippen LogP contribution >= 0.6 is 0 Å². The molecule has 7 nitrogen and oxygen atoms in total. The number of aliphatic hydroxyl groups excluding tert-OH is 2. The van der Waals surface area contributed by atoms with Crippen molar-refractivity contribution in [3.63, 3.8) is 0 Å². The number of hydrogen-bond donors (Lipinski definition) is 4. The standard InChI is InChI=1S/C13H25N5O2/c1-9-10(17-14)15-12(13(2,3)4)16-11(9)18(5-7-19)6-8-20/h19-20H,5-8,14H2,1-4H3,(H,15,16,17). The number of hydrazine groups is 1. The summed E-state index contributed by atoms with van der Waals surface area (Å²) < 4.78 is 0. The van der Waals surface area contributed by atoms with Crippen LogP contribution in [0.5, 0.6) is 0 Å². The van der Waals surface area contributed by atoms with Gasteiger partial charge in [-0.2, -0.15) is 0 Å². The highest BCUT2D eigenvalue weighted by Crippen LogP contribution is 2.27. The lowest BCUT2D eigenvalue weighted by Crippen LogP contribution is -2.33. The fourth-order valence-electron chi connectivity index (χ4n) is 1.85. The Hall–Kier alpha value is -1.44. The van der Waals surface area contributed by atoms with Gasteiger partial charge in [0.05, 0.1) is 13.2 Å². The molecule has 0 aliphatic rings. The van der Waals surface area contributed by atoms with Gasteiger partial charge in [0.15, 0.2) is 0 Å². The summed E-state index contributed by atoms with van der Waals surface area (Å²) in [6.45, 7) is 8.68. The number of nitrogen functional groups attached to an aromatic ring is 1. The summed E-state index contributed by atoms with van der Waals surface area (Å²) in [5.41, 5.74) is 3.15. The molecule has 1 rings (SSSR count). The minimum atomic E-state index is -0.224. The first-order valence-electron chi connectivity index (χ1n) is 6.67. The maximum Gasteiger partial charge on any atom is 0.148 e. The predicted octanol–water partition coefficient (Wildman–Crippen LogP) is 0.159. The fraction of sp³-hybridized carbons (Fsp3) is 0.692. The third-order valence-corrected chi connectivity index (χ3v) is 2.97. The molecule has 0 spiro atoms. The highest BCUT2D eigenvalue weighted by Gasteiger charge is 2.23. The molecule has 1 heterocycles. The Labute approximate surface area is 119 Å². The molecule has 0 bridgehead atoms. The van der Waals surface area contributed by atoms with Gasteiger partial charge in [-0.05, 0) is 6.92 Å². The molecule has 1 aromatic heterocycles. The number of aromatic nitrogens is 2. The van der Waals surface area contributed by atoms with Gasteiger partial charge in [-0.1, -0.05) is 20.8 Å². The minimum absolute atomic E-state index is 0.0142. The quantitative estimate of drug-likeness (QED) is 0.435. The number of aliphatic hydroxyl groups is 2. The van der Waals surface area contributed by atoms with Crippen LogP contribution in [0.2, 0.25) is 0 Å². The van der Waals surface area contributed by atoms with Crippen molar-refractivity contribution >= 4 is 11.6 Å². The first-order valence-corrected chi connectivity index (χ1v) is 6.67. The van der Waals surface area contributed by atoms with Gasteiger partial charge in [-0.15, -0.1) is 0 Å². The molecule has 0 unspecified atom stereocenters. The number of rotatable bonds is 6. The molecule has 0 amide bonds. The molecule has 114 valence electrons. The number of hydrogen-bond acceptors (Lipinski definition) is 7. The van der Waals surface area contributed by atoms with Crippen LogP contribution < -0.4 is 16.2 Å². The zero-order chi connectivity index (χ0) is 15.3. The van der Waals surface area contributed by atoms with Gasteiger partial charge in [0.1, 0.15) is 17.5 Å². The molecule has 7 heteroatoms. The summed E-state index contributed by atoms with van der Waals surface area (Å²) in [5, 5.41) is 18.3. The molecule has 0 aliphatic heterocycles. The molecule has 0 atom stereocenters. The Balaban J connectivity index is 3.34. The van der Waals surface area contributed by atoms with E-state index in [1.54, 1.807) is 0 Å². The summed E-state index contributed by atoms with van der Waals surface area (Å²) in [6, 6.07) is 0. The normalized spacial score (nSPS) is 11.6. The zero-order valence-corrected chi connectivity index (χ0v) is 12.6. The highest BCUT2D eigenvalue weighted by atomic mass is 16.3. The summed E-state index contributed by atoms with van der Waals surface area (Å²) in [7, 11) is 0. The van der Waals surface area contributed by atoms with Crippen molar-refractivity contribution in [3.8, 4) is 0 Å². The van der Waals surface area contributed by atoms with Crippen molar-refractivity contribution in [2.75, 3.05) is 36.6 Å². The van der Waals surface area contributed by atoms with E-state index in [0.717, 1.165) is 5.56 Å². The lowest BCUT2D eigenvalue weighted by atomic mass is 9.95. The number of nitrogens with two attached hydrogens (primary N) is 1. The van der Waals surface area contributed by atoms with Crippen molar-refractivity contribution < 1.29 is 10.2 Å². The number of anilines is 2. The van der Waals surface area contributed by atoms with Gasteiger partial charge in [-0.25, -0.2) is 15.8 Å². The van der Waals surface area contributed by atoms with E-state index in [2.05, 4.69) is 15.4 Å². The van der Waals surface area contributed by atoms with Crippen molar-refractivity contribution in [2.45, 2.75) is 33.1 Å². The topological polar surface area (TPSA) is 108 Å². The lowest BCUT2D eigenvalue weighted by molar-refractivity contribution is 0.280. The van der Waals surface area contributed by atoms with Crippen molar-refractivity contribution in [3.05, 3.63) is 11.4 Å². The van der Waals surface area contributed by atoms with Crippen molar-refractivity contribution in [2.24, 2.45) is 5.84 Å². The number of nitrogens with zero attached hydrogens (tertiary/aromatic N) is 3. The van der Waals surface area contributed by atoms with Crippen LogP contribution in [0.4, 0.5) is 11.6 Å². The summed E-state index contributed by atoms with van der Waals surface area (Å²) in [4.78, 5) is 10.8. The molecule has 0 saturated carbocycles. The van der Waals surface area contributed by atoms with Gasteiger partial charge in [0.2, 0.25) is 0 Å². The Bertz CT molecular complexity index is 439. The van der Waals surface area contributed by atoms with Crippen LogP contribution in [0.3, 0.4) is 0 Å². The van der Waals surface area contributed by atoms with Gasteiger partial charge in [0, 0.05) is 24.1 Å². The Morgan fingerprint density at radius 2 is 1.70 bits per heavy atom. The molecule has 20 heavy (non-hydrogen) atoms. The molecule has 0 saturated heterocycles. The Kier molecular flexibility index (Phi) is 5.67. The first-order chi connectivity index (χ1) is 9.35. The van der Waals surface area contributed by atoms with E-state index >= 15 is 0 Å². The third-order valence-electron chi connectivity index (χ3n) is 2.97. The predicted molar refractivity (Wildman–Crippen MR) is 79.7 cm³/mol. The van der Waals surface area contributed by atoms with E-state index in [4.69, 9.17) is 16.1 Å². The molecule has 1 aromatic rings. The van der Waals surface area contributed by atoms with Gasteiger partial charge < -0.3 is 20.5 Å². The van der Waals surface area contributed by atoms with Crippen LogP contribution in [-0.2, 0) is 5.41 Å². The third kappa shape index (κ3) is 3.78. The van der Waals surface area contributed by atoms with E-state index in [0.29, 0.717) is 30.5 Å². The van der Waals surface area contributed by atoms with Crippen molar-refractivity contribution in [1.29, 1.82) is 0 Å². The fourth-order valence-corrected chi connectivity index (χ4v) is 1.85. The van der Waals surface area contributed by atoms with E-state index in [-0.39, 0.29) is 18.6 Å². The zero-order valence-electron chi connectivity index (χ0n) is 12.6. The summed E-state index contributed by atoms with van der Waals surface area (Å²) in [6.07, 6.45) is 0. The van der Waals surface area contributed by atoms with Crippen LogP contribution in [0.15, 0.2) is 0 Å². The molecular weight excluding hydrogens is 258 g/mol. The van der Waals surface area contributed by atoms with Crippen LogP contribution in [0.25, 0.3) is 0 Å². The Morgan fingerprint density at radius 3 is 2.10 bits per heavy atom. The molecule has 0 radical (unpaired) electrons. The highest BCUT2D eigenvalue weighted by molar-refractivity contribution is 5.58. The molecule has 0 fully saturated rings. The van der Waals surface area contributed by atoms with Crippen LogP contribution in [0, 0.1) is 6.92 Å². The van der Waals surface area contributed by atoms with E-state index < -0.39 is 0 Å².